The molecule has 0 spiro atoms. The number of carbonyl (C=O) groups is 3. The number of amides is 1. The first-order valence-corrected chi connectivity index (χ1v) is 17.2. The highest BCUT2D eigenvalue weighted by atomic mass is 16.9. The number of nitrogens with one attached hydrogen (secondary N) is 2. The number of hydrogen-bond acceptors (Lipinski definition) is 14. The van der Waals surface area contributed by atoms with Gasteiger partial charge in [-0.15, -0.1) is 4.58 Å². The Hall–Kier alpha value is -4.20. The lowest BCUT2D eigenvalue weighted by Crippen LogP contribution is -2.42. The molecule has 0 aromatic rings. The van der Waals surface area contributed by atoms with Gasteiger partial charge in [0.05, 0.1) is 6.54 Å². The second-order valence-corrected chi connectivity index (χ2v) is 11.9. The fraction of sp³-hybridized carbons (Fsp3) is 0.706. The van der Waals surface area contributed by atoms with Gasteiger partial charge >= 0.3 is 24.1 Å². The maximum atomic E-state index is 12.4. The molecule has 16 heteroatoms. The number of esters is 2. The van der Waals surface area contributed by atoms with Crippen LogP contribution < -0.4 is 10.6 Å². The van der Waals surface area contributed by atoms with Crippen molar-refractivity contribution in [2.24, 2.45) is 9.98 Å². The molecule has 16 nitrogen and oxygen atoms in total. The van der Waals surface area contributed by atoms with E-state index in [2.05, 4.69) is 40.7 Å². The number of hydrogen-bond donors (Lipinski definition) is 2. The van der Waals surface area contributed by atoms with E-state index in [0.717, 1.165) is 57.8 Å². The van der Waals surface area contributed by atoms with Crippen LogP contribution in [-0.2, 0) is 43.1 Å². The van der Waals surface area contributed by atoms with Crippen LogP contribution in [0.2, 0.25) is 0 Å². The number of unbranched alkanes of at least 4 members (excludes halogenated alkanes) is 5. The van der Waals surface area contributed by atoms with Crippen molar-refractivity contribution < 1.29 is 52.4 Å². The molecule has 0 aromatic carbocycles. The molecule has 0 aliphatic carbocycles. The van der Waals surface area contributed by atoms with Gasteiger partial charge < -0.3 is 24.4 Å². The minimum Gasteiger partial charge on any atom is -0.458 e. The molecule has 280 valence electrons. The largest absolute Gasteiger partial charge is 0.458 e. The first-order chi connectivity index (χ1) is 24.1. The SMILES string of the molecule is C=C(C)C(=O)OCC(COC(=O)C(=C)C)OC(=O)NCCCCCCN(O/C=N/C(CCCCC)N=C=O)OCNC1CCCCC[N+]1=C=O. The Morgan fingerprint density at radius 1 is 0.980 bits per heavy atom. The maximum Gasteiger partial charge on any atom is 0.425 e. The molecule has 2 unspecified atom stereocenters. The predicted octanol–water partition coefficient (Wildman–Crippen LogP) is 4.11. The Labute approximate surface area is 294 Å². The summed E-state index contributed by atoms with van der Waals surface area (Å²) in [6.45, 7) is 12.8. The van der Waals surface area contributed by atoms with Gasteiger partial charge in [-0.25, -0.2) is 34.3 Å². The summed E-state index contributed by atoms with van der Waals surface area (Å²) in [5.74, 6) is -1.32. The molecule has 2 atom stereocenters. The van der Waals surface area contributed by atoms with E-state index in [-0.39, 0.29) is 37.3 Å². The fourth-order valence-electron chi connectivity index (χ4n) is 4.55. The standard InChI is InChI=1S/C34H54N6O10/c1-6-7-11-16-30(36-23-41)37-24-48-40(49-25-38-31-17-12-10-14-19-39(31)26-42)20-15-9-8-13-18-35-34(45)50-29(21-46-32(43)27(2)3)22-47-33(44)28(4)5/h24,29-31,38H,2,4,6-22,25H2,1,3,5H3/p+1/b37-24+. The first-order valence-electron chi connectivity index (χ1n) is 17.2. The third kappa shape index (κ3) is 21.0. The number of alkyl carbamates (subject to hydrolysis) is 1. The highest BCUT2D eigenvalue weighted by molar-refractivity contribution is 5.87. The van der Waals surface area contributed by atoms with Crippen molar-refractivity contribution in [3.05, 3.63) is 24.3 Å². The number of nitrogens with zero attached hydrogens (tertiary/aromatic N) is 4. The van der Waals surface area contributed by atoms with E-state index in [9.17, 15) is 24.0 Å². The second kappa shape index (κ2) is 27.6. The first kappa shape index (κ1) is 43.8. The minimum atomic E-state index is -1.02. The van der Waals surface area contributed by atoms with Gasteiger partial charge in [-0.1, -0.05) is 45.8 Å². The van der Waals surface area contributed by atoms with E-state index >= 15 is 0 Å². The van der Waals surface area contributed by atoms with Crippen molar-refractivity contribution in [3.8, 4) is 0 Å². The molecule has 0 radical (unpaired) electrons. The van der Waals surface area contributed by atoms with Gasteiger partial charge in [0.2, 0.25) is 18.6 Å². The number of rotatable bonds is 26. The van der Waals surface area contributed by atoms with Gasteiger partial charge in [-0.3, -0.25) is 0 Å². The molecule has 1 rings (SSSR count). The topological polar surface area (TPSA) is 187 Å². The smallest absolute Gasteiger partial charge is 0.425 e. The van der Waals surface area contributed by atoms with Crippen molar-refractivity contribution in [1.29, 1.82) is 0 Å². The van der Waals surface area contributed by atoms with E-state index in [1.54, 1.807) is 10.7 Å². The van der Waals surface area contributed by atoms with Crippen LogP contribution in [0.5, 0.6) is 0 Å². The van der Waals surface area contributed by atoms with Gasteiger partial charge in [0.25, 0.3) is 0 Å². The Balaban J connectivity index is 2.58. The molecule has 1 fully saturated rings. The average molecular weight is 708 g/mol. The van der Waals surface area contributed by atoms with Gasteiger partial charge in [-0.05, 0) is 57.6 Å². The van der Waals surface area contributed by atoms with Crippen LogP contribution in [0.25, 0.3) is 0 Å². The number of aliphatic imine (C=N–C) groups is 2. The van der Waals surface area contributed by atoms with Crippen molar-refractivity contribution in [3.63, 3.8) is 0 Å². The second-order valence-electron chi connectivity index (χ2n) is 11.9. The summed E-state index contributed by atoms with van der Waals surface area (Å²) in [5.41, 5.74) is 0.349. The van der Waals surface area contributed by atoms with E-state index in [0.29, 0.717) is 38.9 Å². The van der Waals surface area contributed by atoms with Crippen molar-refractivity contribution in [2.75, 3.05) is 39.6 Å². The minimum absolute atomic E-state index is 0.0783. The molecule has 1 aliphatic heterocycles. The normalized spacial score (nSPS) is 15.1. The Morgan fingerprint density at radius 3 is 2.32 bits per heavy atom. The molecular formula is C34H55N6O10+. The van der Waals surface area contributed by atoms with Crippen LogP contribution in [0.15, 0.2) is 34.3 Å². The summed E-state index contributed by atoms with van der Waals surface area (Å²) in [7, 11) is 0. The van der Waals surface area contributed by atoms with Crippen LogP contribution in [0, 0.1) is 0 Å². The zero-order valence-corrected chi connectivity index (χ0v) is 29.8. The zero-order chi connectivity index (χ0) is 37.0. The van der Waals surface area contributed by atoms with Crippen LogP contribution >= 0.6 is 0 Å². The zero-order valence-electron chi connectivity index (χ0n) is 29.8. The Kier molecular flexibility index (Phi) is 24.2. The number of ether oxygens (including phenoxy) is 3. The monoisotopic (exact) mass is 707 g/mol. The molecular weight excluding hydrogens is 652 g/mol. The summed E-state index contributed by atoms with van der Waals surface area (Å²) in [5, 5.41) is 7.15. The Bertz CT molecular complexity index is 1170. The van der Waals surface area contributed by atoms with Gasteiger partial charge in [0.1, 0.15) is 19.9 Å². The van der Waals surface area contributed by atoms with Crippen LogP contribution in [0.3, 0.4) is 0 Å². The highest BCUT2D eigenvalue weighted by Gasteiger charge is 2.24. The third-order valence-corrected chi connectivity index (χ3v) is 7.37. The lowest BCUT2D eigenvalue weighted by atomic mass is 10.2. The number of carbonyl (C=O) groups excluding carboxylic acids is 5. The van der Waals surface area contributed by atoms with E-state index in [1.165, 1.54) is 25.5 Å². The van der Waals surface area contributed by atoms with E-state index < -0.39 is 30.3 Å². The molecule has 1 saturated heterocycles. The molecule has 2 N–H and O–H groups in total. The molecule has 1 amide bonds. The van der Waals surface area contributed by atoms with Crippen molar-refractivity contribution >= 4 is 36.6 Å². The van der Waals surface area contributed by atoms with Crippen molar-refractivity contribution in [1.82, 2.24) is 15.9 Å². The molecule has 50 heavy (non-hydrogen) atoms. The van der Waals surface area contributed by atoms with E-state index in [4.69, 9.17) is 23.9 Å². The highest BCUT2D eigenvalue weighted by Crippen LogP contribution is 2.11. The summed E-state index contributed by atoms with van der Waals surface area (Å²) in [6.07, 6.45) is 12.3. The van der Waals surface area contributed by atoms with Crippen LogP contribution in [-0.4, -0.2) is 104 Å². The quantitative estimate of drug-likeness (QED) is 0.0125. The number of isocyanates is 2. The fourth-order valence-corrected chi connectivity index (χ4v) is 4.55. The van der Waals surface area contributed by atoms with Gasteiger partial charge in [-0.2, -0.15) is 9.79 Å². The summed E-state index contributed by atoms with van der Waals surface area (Å²) in [6, 6.07) is 0. The number of hydroxylamine groups is 2. The summed E-state index contributed by atoms with van der Waals surface area (Å²) >= 11 is 0. The predicted molar refractivity (Wildman–Crippen MR) is 183 cm³/mol. The van der Waals surface area contributed by atoms with Gasteiger partial charge in [0, 0.05) is 30.5 Å². The lowest BCUT2D eigenvalue weighted by molar-refractivity contribution is -0.570. The molecule has 0 aromatic heterocycles. The van der Waals surface area contributed by atoms with Crippen LogP contribution in [0.4, 0.5) is 4.79 Å². The molecule has 1 aliphatic rings. The van der Waals surface area contributed by atoms with E-state index in [1.807, 2.05) is 6.08 Å². The van der Waals surface area contributed by atoms with Crippen molar-refractivity contribution in [2.45, 2.75) is 116 Å². The summed E-state index contributed by atoms with van der Waals surface area (Å²) in [4.78, 5) is 77.5. The Morgan fingerprint density at radius 2 is 1.68 bits per heavy atom. The molecule has 1 heterocycles. The molecule has 0 bridgehead atoms. The third-order valence-electron chi connectivity index (χ3n) is 7.37. The lowest BCUT2D eigenvalue weighted by Gasteiger charge is -2.20. The summed E-state index contributed by atoms with van der Waals surface area (Å²) < 4.78 is 17.0. The maximum absolute atomic E-state index is 12.4. The average Bonchev–Trinajstić information content (AvgIpc) is 3.33. The van der Waals surface area contributed by atoms with Gasteiger partial charge in [0.15, 0.2) is 18.8 Å². The van der Waals surface area contributed by atoms with Crippen LogP contribution in [0.1, 0.15) is 97.8 Å². The molecule has 0 saturated carbocycles.